The van der Waals surface area contributed by atoms with Gasteiger partial charge < -0.3 is 5.32 Å². The highest BCUT2D eigenvalue weighted by atomic mass is 16.2. The van der Waals surface area contributed by atoms with Gasteiger partial charge in [0.1, 0.15) is 6.04 Å². The monoisotopic (exact) mass is 347 g/mol. The minimum atomic E-state index is -0.459. The molecule has 2 aliphatic rings. The van der Waals surface area contributed by atoms with E-state index >= 15 is 0 Å². The van der Waals surface area contributed by atoms with Gasteiger partial charge in [-0.25, -0.2) is 0 Å². The summed E-state index contributed by atoms with van der Waals surface area (Å²) in [4.78, 5) is 29.5. The summed E-state index contributed by atoms with van der Waals surface area (Å²) in [6, 6.07) is 1.97. The normalized spacial score (nSPS) is 29.0. The van der Waals surface area contributed by atoms with Crippen molar-refractivity contribution in [3.05, 3.63) is 12.3 Å². The second-order valence-corrected chi connectivity index (χ2v) is 7.44. The molecule has 0 bridgehead atoms. The average molecular weight is 347 g/mol. The number of nitrogens with one attached hydrogen (secondary N) is 1. The number of nitrogens with zero attached hydrogens (tertiary/aromatic N) is 4. The molecule has 138 valence electrons. The van der Waals surface area contributed by atoms with Crippen LogP contribution >= 0.6 is 0 Å². The van der Waals surface area contributed by atoms with Gasteiger partial charge in [-0.1, -0.05) is 0 Å². The van der Waals surface area contributed by atoms with E-state index in [1.165, 1.54) is 0 Å². The molecule has 4 atom stereocenters. The molecule has 0 unspecified atom stereocenters. The van der Waals surface area contributed by atoms with Gasteiger partial charge in [0, 0.05) is 37.9 Å². The Kier molecular flexibility index (Phi) is 5.13. The highest BCUT2D eigenvalue weighted by Crippen LogP contribution is 2.26. The molecule has 7 nitrogen and oxygen atoms in total. The van der Waals surface area contributed by atoms with Crippen LogP contribution in [0.25, 0.3) is 0 Å². The lowest BCUT2D eigenvalue weighted by molar-refractivity contribution is -0.132. The zero-order valence-electron chi connectivity index (χ0n) is 15.6. The number of hydrogen-bond acceptors (Lipinski definition) is 4. The first-order valence-corrected chi connectivity index (χ1v) is 9.27. The SMILES string of the molecule is C[C@@H]1CC[C@H](C)N1[C@@H](C)C(=O)N[C@@H]1CCCN(c2ccn(C)n2)C1=O. The Hall–Kier alpha value is -1.89. The summed E-state index contributed by atoms with van der Waals surface area (Å²) in [5.74, 6) is 0.538. The maximum absolute atomic E-state index is 12.8. The number of piperidine rings is 1. The molecular formula is C18H29N5O2. The van der Waals surface area contributed by atoms with E-state index in [1.54, 1.807) is 9.58 Å². The summed E-state index contributed by atoms with van der Waals surface area (Å²) in [6.07, 6.45) is 5.61. The quantitative estimate of drug-likeness (QED) is 0.891. The van der Waals surface area contributed by atoms with Gasteiger partial charge in [-0.15, -0.1) is 0 Å². The van der Waals surface area contributed by atoms with Gasteiger partial charge in [-0.3, -0.25) is 24.1 Å². The number of carbonyl (C=O) groups excluding carboxylic acids is 2. The Labute approximate surface area is 149 Å². The Morgan fingerprint density at radius 2 is 1.96 bits per heavy atom. The minimum absolute atomic E-state index is 0.0539. The number of carbonyl (C=O) groups is 2. The van der Waals surface area contributed by atoms with E-state index in [2.05, 4.69) is 29.2 Å². The van der Waals surface area contributed by atoms with E-state index in [4.69, 9.17) is 0 Å². The average Bonchev–Trinajstić information content (AvgIpc) is 3.14. The van der Waals surface area contributed by atoms with Gasteiger partial charge in [-0.2, -0.15) is 5.10 Å². The fourth-order valence-electron chi connectivity index (χ4n) is 4.19. The van der Waals surface area contributed by atoms with E-state index in [-0.39, 0.29) is 17.9 Å². The van der Waals surface area contributed by atoms with Gasteiger partial charge >= 0.3 is 0 Å². The van der Waals surface area contributed by atoms with Crippen LogP contribution in [0.3, 0.4) is 0 Å². The number of hydrogen-bond donors (Lipinski definition) is 1. The number of amides is 2. The minimum Gasteiger partial charge on any atom is -0.343 e. The van der Waals surface area contributed by atoms with Crippen LogP contribution in [0.5, 0.6) is 0 Å². The molecule has 0 saturated carbocycles. The molecule has 2 aliphatic heterocycles. The molecule has 3 rings (SSSR count). The molecule has 7 heteroatoms. The van der Waals surface area contributed by atoms with Crippen molar-refractivity contribution in [3.63, 3.8) is 0 Å². The second-order valence-electron chi connectivity index (χ2n) is 7.44. The van der Waals surface area contributed by atoms with Crippen molar-refractivity contribution < 1.29 is 9.59 Å². The van der Waals surface area contributed by atoms with Crippen molar-refractivity contribution in [1.82, 2.24) is 20.0 Å². The summed E-state index contributed by atoms with van der Waals surface area (Å²) < 4.78 is 1.68. The van der Waals surface area contributed by atoms with Gasteiger partial charge in [0.25, 0.3) is 5.91 Å². The fourth-order valence-corrected chi connectivity index (χ4v) is 4.19. The molecule has 1 N–H and O–H groups in total. The van der Waals surface area contributed by atoms with E-state index < -0.39 is 6.04 Å². The van der Waals surface area contributed by atoms with E-state index in [0.29, 0.717) is 30.9 Å². The molecule has 2 fully saturated rings. The molecule has 0 aliphatic carbocycles. The third-order valence-electron chi connectivity index (χ3n) is 5.58. The van der Waals surface area contributed by atoms with Crippen molar-refractivity contribution >= 4 is 17.6 Å². The van der Waals surface area contributed by atoms with Crippen LogP contribution in [0, 0.1) is 0 Å². The van der Waals surface area contributed by atoms with Crippen LogP contribution in [0.15, 0.2) is 12.3 Å². The lowest BCUT2D eigenvalue weighted by Gasteiger charge is -2.35. The van der Waals surface area contributed by atoms with Crippen LogP contribution < -0.4 is 10.2 Å². The van der Waals surface area contributed by atoms with Crippen molar-refractivity contribution in [1.29, 1.82) is 0 Å². The number of rotatable bonds is 4. The van der Waals surface area contributed by atoms with Gasteiger partial charge in [0.2, 0.25) is 5.91 Å². The predicted molar refractivity (Wildman–Crippen MR) is 96.2 cm³/mol. The third kappa shape index (κ3) is 3.56. The highest BCUT2D eigenvalue weighted by molar-refractivity contribution is 5.99. The molecule has 0 spiro atoms. The zero-order chi connectivity index (χ0) is 18.1. The Bertz CT molecular complexity index is 633. The van der Waals surface area contributed by atoms with Crippen molar-refractivity contribution in [3.8, 4) is 0 Å². The standard InChI is InChI=1S/C18H29N5O2/c1-12-7-8-13(2)23(12)14(3)17(24)19-15-6-5-10-22(18(15)25)16-9-11-21(4)20-16/h9,11-15H,5-8,10H2,1-4H3,(H,19,24)/t12-,13+,14-,15+/m0/s1. The predicted octanol–water partition coefficient (Wildman–Crippen LogP) is 1.29. The number of aromatic nitrogens is 2. The number of aryl methyl sites for hydroxylation is 1. The number of likely N-dealkylation sites (tertiary alicyclic amines) is 1. The Balaban J connectivity index is 1.65. The fraction of sp³-hybridized carbons (Fsp3) is 0.722. The van der Waals surface area contributed by atoms with Crippen LogP contribution in [0.2, 0.25) is 0 Å². The Morgan fingerprint density at radius 3 is 2.56 bits per heavy atom. The van der Waals surface area contributed by atoms with Crippen LogP contribution in [-0.4, -0.2) is 57.2 Å². The third-order valence-corrected chi connectivity index (χ3v) is 5.58. The molecule has 3 heterocycles. The first kappa shape index (κ1) is 17.9. The van der Waals surface area contributed by atoms with E-state index in [0.717, 1.165) is 19.3 Å². The molecule has 0 aromatic carbocycles. The van der Waals surface area contributed by atoms with E-state index in [1.807, 2.05) is 26.2 Å². The molecule has 0 radical (unpaired) electrons. The van der Waals surface area contributed by atoms with Crippen LogP contribution in [-0.2, 0) is 16.6 Å². The van der Waals surface area contributed by atoms with Gasteiger partial charge in [0.05, 0.1) is 6.04 Å². The van der Waals surface area contributed by atoms with E-state index in [9.17, 15) is 9.59 Å². The first-order valence-electron chi connectivity index (χ1n) is 9.27. The smallest absolute Gasteiger partial charge is 0.250 e. The topological polar surface area (TPSA) is 70.5 Å². The summed E-state index contributed by atoms with van der Waals surface area (Å²) in [5, 5.41) is 7.30. The lowest BCUT2D eigenvalue weighted by atomic mass is 10.0. The van der Waals surface area contributed by atoms with Crippen molar-refractivity contribution in [2.45, 2.75) is 70.6 Å². The lowest BCUT2D eigenvalue weighted by Crippen LogP contribution is -2.57. The van der Waals surface area contributed by atoms with Crippen LogP contribution in [0.4, 0.5) is 5.82 Å². The van der Waals surface area contributed by atoms with Crippen molar-refractivity contribution in [2.75, 3.05) is 11.4 Å². The maximum atomic E-state index is 12.8. The molecule has 25 heavy (non-hydrogen) atoms. The van der Waals surface area contributed by atoms with Gasteiger partial charge in [0.15, 0.2) is 5.82 Å². The number of anilines is 1. The van der Waals surface area contributed by atoms with Crippen LogP contribution in [0.1, 0.15) is 46.5 Å². The summed E-state index contributed by atoms with van der Waals surface area (Å²) >= 11 is 0. The summed E-state index contributed by atoms with van der Waals surface area (Å²) in [7, 11) is 1.83. The summed E-state index contributed by atoms with van der Waals surface area (Å²) in [5.41, 5.74) is 0. The largest absolute Gasteiger partial charge is 0.343 e. The maximum Gasteiger partial charge on any atom is 0.250 e. The zero-order valence-corrected chi connectivity index (χ0v) is 15.6. The summed E-state index contributed by atoms with van der Waals surface area (Å²) in [6.45, 7) is 6.93. The van der Waals surface area contributed by atoms with Crippen molar-refractivity contribution in [2.24, 2.45) is 7.05 Å². The molecule has 2 amide bonds. The Morgan fingerprint density at radius 1 is 1.28 bits per heavy atom. The highest BCUT2D eigenvalue weighted by Gasteiger charge is 2.37. The molecule has 1 aromatic heterocycles. The van der Waals surface area contributed by atoms with Gasteiger partial charge in [-0.05, 0) is 46.5 Å². The first-order chi connectivity index (χ1) is 11.9. The molecule has 2 saturated heterocycles. The second kappa shape index (κ2) is 7.15. The molecule has 1 aromatic rings. The molecular weight excluding hydrogens is 318 g/mol.